The minimum Gasteiger partial charge on any atom is -0.321 e. The summed E-state index contributed by atoms with van der Waals surface area (Å²) in [5, 5.41) is 9.31. The minimum atomic E-state index is -0.347. The third-order valence-electron chi connectivity index (χ3n) is 5.06. The van der Waals surface area contributed by atoms with Gasteiger partial charge in [0.1, 0.15) is 5.69 Å². The lowest BCUT2D eigenvalue weighted by Crippen LogP contribution is -2.26. The molecule has 1 aromatic heterocycles. The summed E-state index contributed by atoms with van der Waals surface area (Å²) in [7, 11) is 0. The van der Waals surface area contributed by atoms with Crippen molar-refractivity contribution in [3.63, 3.8) is 0 Å². The molecular formula is C24H21N3O2. The summed E-state index contributed by atoms with van der Waals surface area (Å²) < 4.78 is 1.33. The largest absolute Gasteiger partial charge is 0.321 e. The molecule has 0 saturated heterocycles. The zero-order chi connectivity index (χ0) is 20.4. The Labute approximate surface area is 168 Å². The summed E-state index contributed by atoms with van der Waals surface area (Å²) in [5.41, 5.74) is 3.88. The SMILES string of the molecule is Cc1ccc(NC(=O)c2ccc(=O)n(Cc3cccc4ccccc34)n2)cc1C. The van der Waals surface area contributed by atoms with Gasteiger partial charge < -0.3 is 5.32 Å². The summed E-state index contributed by atoms with van der Waals surface area (Å²) in [6.45, 7) is 4.31. The standard InChI is InChI=1S/C24H21N3O2/c1-16-10-11-20(14-17(16)2)25-24(29)22-12-13-23(28)27(26-22)15-19-8-5-7-18-6-3-4-9-21(18)19/h3-14H,15H2,1-2H3,(H,25,29). The number of amides is 1. The molecule has 0 spiro atoms. The van der Waals surface area contributed by atoms with Gasteiger partial charge in [0.25, 0.3) is 11.5 Å². The van der Waals surface area contributed by atoms with Crippen molar-refractivity contribution in [2.24, 2.45) is 0 Å². The second kappa shape index (κ2) is 7.72. The minimum absolute atomic E-state index is 0.197. The normalized spacial score (nSPS) is 10.8. The van der Waals surface area contributed by atoms with E-state index in [2.05, 4.69) is 10.4 Å². The van der Waals surface area contributed by atoms with E-state index < -0.39 is 0 Å². The number of aromatic nitrogens is 2. The number of carbonyl (C=O) groups excluding carboxylic acids is 1. The van der Waals surface area contributed by atoms with Crippen LogP contribution in [0, 0.1) is 13.8 Å². The first-order valence-corrected chi connectivity index (χ1v) is 9.45. The van der Waals surface area contributed by atoms with E-state index in [-0.39, 0.29) is 17.2 Å². The molecular weight excluding hydrogens is 362 g/mol. The molecule has 0 radical (unpaired) electrons. The fourth-order valence-corrected chi connectivity index (χ4v) is 3.29. The van der Waals surface area contributed by atoms with Crippen LogP contribution in [0.4, 0.5) is 5.69 Å². The molecule has 1 N–H and O–H groups in total. The van der Waals surface area contributed by atoms with Crippen LogP contribution in [0.1, 0.15) is 27.2 Å². The van der Waals surface area contributed by atoms with Crippen LogP contribution in [0.3, 0.4) is 0 Å². The molecule has 0 saturated carbocycles. The maximum Gasteiger partial charge on any atom is 0.276 e. The number of benzene rings is 3. The van der Waals surface area contributed by atoms with Crippen LogP contribution in [0.2, 0.25) is 0 Å². The van der Waals surface area contributed by atoms with E-state index in [1.165, 1.54) is 16.8 Å². The molecule has 0 bridgehead atoms. The van der Waals surface area contributed by atoms with Gasteiger partial charge in [0, 0.05) is 11.8 Å². The first kappa shape index (κ1) is 18.6. The average molecular weight is 383 g/mol. The van der Waals surface area contributed by atoms with Crippen LogP contribution in [0.15, 0.2) is 77.6 Å². The van der Waals surface area contributed by atoms with Gasteiger partial charge in [-0.1, -0.05) is 48.5 Å². The highest BCUT2D eigenvalue weighted by atomic mass is 16.2. The van der Waals surface area contributed by atoms with Gasteiger partial charge in [-0.25, -0.2) is 4.68 Å². The highest BCUT2D eigenvalue weighted by molar-refractivity contribution is 6.02. The lowest BCUT2D eigenvalue weighted by molar-refractivity contribution is 0.102. The molecule has 0 unspecified atom stereocenters. The van der Waals surface area contributed by atoms with E-state index in [0.29, 0.717) is 12.2 Å². The van der Waals surface area contributed by atoms with Crippen molar-refractivity contribution in [2.45, 2.75) is 20.4 Å². The third kappa shape index (κ3) is 3.94. The number of anilines is 1. The molecule has 5 nitrogen and oxygen atoms in total. The molecule has 0 aliphatic heterocycles. The van der Waals surface area contributed by atoms with Crippen molar-refractivity contribution in [3.8, 4) is 0 Å². The van der Waals surface area contributed by atoms with Crippen molar-refractivity contribution in [3.05, 3.63) is 106 Å². The number of hydrogen-bond acceptors (Lipinski definition) is 3. The highest BCUT2D eigenvalue weighted by Crippen LogP contribution is 2.19. The maximum atomic E-state index is 12.6. The van der Waals surface area contributed by atoms with E-state index in [1.807, 2.05) is 74.5 Å². The Bertz CT molecular complexity index is 1270. The van der Waals surface area contributed by atoms with Crippen LogP contribution >= 0.6 is 0 Å². The van der Waals surface area contributed by atoms with Crippen molar-refractivity contribution in [1.29, 1.82) is 0 Å². The number of rotatable bonds is 4. The van der Waals surface area contributed by atoms with Gasteiger partial charge in [0.2, 0.25) is 0 Å². The van der Waals surface area contributed by atoms with Gasteiger partial charge in [-0.2, -0.15) is 5.10 Å². The van der Waals surface area contributed by atoms with Crippen LogP contribution in [0.25, 0.3) is 10.8 Å². The van der Waals surface area contributed by atoms with Crippen LogP contribution in [0.5, 0.6) is 0 Å². The number of nitrogens with zero attached hydrogens (tertiary/aromatic N) is 2. The summed E-state index contributed by atoms with van der Waals surface area (Å²) in [5.74, 6) is -0.347. The first-order valence-electron chi connectivity index (χ1n) is 9.45. The zero-order valence-electron chi connectivity index (χ0n) is 16.3. The second-order valence-electron chi connectivity index (χ2n) is 7.11. The Morgan fingerprint density at radius 3 is 2.55 bits per heavy atom. The van der Waals surface area contributed by atoms with Gasteiger partial charge >= 0.3 is 0 Å². The average Bonchev–Trinajstić information content (AvgIpc) is 2.72. The Balaban J connectivity index is 1.62. The van der Waals surface area contributed by atoms with Crippen molar-refractivity contribution >= 4 is 22.4 Å². The van der Waals surface area contributed by atoms with Gasteiger partial charge in [-0.3, -0.25) is 9.59 Å². The van der Waals surface area contributed by atoms with Gasteiger partial charge in [0.15, 0.2) is 0 Å². The predicted molar refractivity (Wildman–Crippen MR) is 115 cm³/mol. The van der Waals surface area contributed by atoms with E-state index in [0.717, 1.165) is 27.5 Å². The predicted octanol–water partition coefficient (Wildman–Crippen LogP) is 4.31. The number of aryl methyl sites for hydroxylation is 2. The van der Waals surface area contributed by atoms with Gasteiger partial charge in [-0.05, 0) is 59.5 Å². The molecule has 29 heavy (non-hydrogen) atoms. The topological polar surface area (TPSA) is 64.0 Å². The second-order valence-corrected chi connectivity index (χ2v) is 7.11. The van der Waals surface area contributed by atoms with Crippen LogP contribution in [-0.2, 0) is 6.54 Å². The number of fused-ring (bicyclic) bond motifs is 1. The summed E-state index contributed by atoms with van der Waals surface area (Å²) in [4.78, 5) is 25.0. The van der Waals surface area contributed by atoms with E-state index in [4.69, 9.17) is 0 Å². The lowest BCUT2D eigenvalue weighted by Gasteiger charge is -2.10. The third-order valence-corrected chi connectivity index (χ3v) is 5.06. The fraction of sp³-hybridized carbons (Fsp3) is 0.125. The quantitative estimate of drug-likeness (QED) is 0.571. The van der Waals surface area contributed by atoms with Crippen molar-refractivity contribution in [1.82, 2.24) is 9.78 Å². The molecule has 0 atom stereocenters. The Kier molecular flexibility index (Phi) is 4.96. The molecule has 0 aliphatic carbocycles. The Morgan fingerprint density at radius 2 is 1.72 bits per heavy atom. The summed E-state index contributed by atoms with van der Waals surface area (Å²) >= 11 is 0. The summed E-state index contributed by atoms with van der Waals surface area (Å²) in [6, 6.07) is 22.5. The van der Waals surface area contributed by atoms with Crippen molar-refractivity contribution in [2.75, 3.05) is 5.32 Å². The van der Waals surface area contributed by atoms with Gasteiger partial charge in [-0.15, -0.1) is 0 Å². The molecule has 0 fully saturated rings. The maximum absolute atomic E-state index is 12.6. The zero-order valence-corrected chi connectivity index (χ0v) is 16.3. The van der Waals surface area contributed by atoms with E-state index in [9.17, 15) is 9.59 Å². The Morgan fingerprint density at radius 1 is 0.931 bits per heavy atom. The van der Waals surface area contributed by atoms with Crippen LogP contribution in [-0.4, -0.2) is 15.7 Å². The molecule has 144 valence electrons. The molecule has 4 rings (SSSR count). The fourth-order valence-electron chi connectivity index (χ4n) is 3.29. The molecule has 0 aliphatic rings. The molecule has 1 heterocycles. The summed E-state index contributed by atoms with van der Waals surface area (Å²) in [6.07, 6.45) is 0. The number of hydrogen-bond donors (Lipinski definition) is 1. The van der Waals surface area contributed by atoms with E-state index in [1.54, 1.807) is 0 Å². The monoisotopic (exact) mass is 383 g/mol. The smallest absolute Gasteiger partial charge is 0.276 e. The van der Waals surface area contributed by atoms with Gasteiger partial charge in [0.05, 0.1) is 6.54 Å². The number of nitrogens with one attached hydrogen (secondary N) is 1. The highest BCUT2D eigenvalue weighted by Gasteiger charge is 2.11. The van der Waals surface area contributed by atoms with Crippen molar-refractivity contribution < 1.29 is 4.79 Å². The molecule has 1 amide bonds. The number of carbonyl (C=O) groups is 1. The lowest BCUT2D eigenvalue weighted by atomic mass is 10.0. The van der Waals surface area contributed by atoms with Crippen LogP contribution < -0.4 is 10.9 Å². The Hall–Kier alpha value is -3.73. The molecule has 4 aromatic rings. The first-order chi connectivity index (χ1) is 14.0. The van der Waals surface area contributed by atoms with E-state index >= 15 is 0 Å². The molecule has 5 heteroatoms. The molecule has 3 aromatic carbocycles.